The third-order valence-electron chi connectivity index (χ3n) is 1.16. The Morgan fingerprint density at radius 3 is 2.80 bits per heavy atom. The fourth-order valence-electron chi connectivity index (χ4n) is 0.680. The van der Waals surface area contributed by atoms with Gasteiger partial charge in [-0.3, -0.25) is 10.4 Å². The number of hydrogen-bond acceptors (Lipinski definition) is 3. The Bertz CT molecular complexity index is 130. The number of nitrogens with two attached hydrogens (primary N) is 1. The first-order valence-electron chi connectivity index (χ1n) is 2.78. The Labute approximate surface area is 65.3 Å². The van der Waals surface area contributed by atoms with E-state index in [1.807, 2.05) is 6.92 Å². The van der Waals surface area contributed by atoms with E-state index in [9.17, 15) is 4.79 Å². The fraction of sp³-hybridized carbons (Fsp3) is 0.750. The fourth-order valence-corrected chi connectivity index (χ4v) is 0.680. The molecule has 60 valence electrons. The lowest BCUT2D eigenvalue weighted by molar-refractivity contribution is 0.165. The minimum atomic E-state index is -0.284. The molecular weight excluding hydrogens is 156 g/mol. The molecule has 1 rings (SSSR count). The van der Waals surface area contributed by atoms with Gasteiger partial charge < -0.3 is 0 Å². The second-order valence-corrected chi connectivity index (χ2v) is 2.13. The van der Waals surface area contributed by atoms with E-state index < -0.39 is 0 Å². The van der Waals surface area contributed by atoms with Crippen molar-refractivity contribution in [2.24, 2.45) is 5.84 Å². The van der Waals surface area contributed by atoms with Crippen molar-refractivity contribution >= 4 is 18.4 Å². The average molecular weight is 167 g/mol. The minimum Gasteiger partial charge on any atom is -0.272 e. The van der Waals surface area contributed by atoms with E-state index in [2.05, 4.69) is 10.9 Å². The maximum Gasteiger partial charge on any atom is 0.345 e. The highest BCUT2D eigenvalue weighted by Gasteiger charge is 2.17. The summed E-state index contributed by atoms with van der Waals surface area (Å²) in [5, 5.41) is 1.14. The molecule has 0 aromatic carbocycles. The van der Waals surface area contributed by atoms with Gasteiger partial charge in [0.2, 0.25) is 0 Å². The average Bonchev–Trinajstić information content (AvgIpc) is 1.80. The van der Waals surface area contributed by atoms with Crippen LogP contribution in [0.25, 0.3) is 0 Å². The van der Waals surface area contributed by atoms with Crippen LogP contribution in [0.15, 0.2) is 0 Å². The highest BCUT2D eigenvalue weighted by molar-refractivity contribution is 5.85. The van der Waals surface area contributed by atoms with Gasteiger partial charge in [0.25, 0.3) is 0 Å². The summed E-state index contributed by atoms with van der Waals surface area (Å²) in [7, 11) is 0. The maximum absolute atomic E-state index is 10.6. The van der Waals surface area contributed by atoms with Gasteiger partial charge in [-0.2, -0.15) is 0 Å². The lowest BCUT2D eigenvalue weighted by atomic mass is 10.3. The van der Waals surface area contributed by atoms with Crippen LogP contribution in [0.3, 0.4) is 0 Å². The zero-order chi connectivity index (χ0) is 6.85. The van der Waals surface area contributed by atoms with E-state index in [1.165, 1.54) is 0 Å². The van der Waals surface area contributed by atoms with Crippen LogP contribution in [-0.4, -0.2) is 23.6 Å². The summed E-state index contributed by atoms with van der Waals surface area (Å²) in [5.74, 6) is 5.25. The summed E-state index contributed by atoms with van der Waals surface area (Å²) in [5.41, 5.74) is 5.13. The molecule has 0 spiro atoms. The van der Waals surface area contributed by atoms with Crippen molar-refractivity contribution in [2.45, 2.75) is 13.0 Å². The molecule has 1 atom stereocenters. The van der Waals surface area contributed by atoms with Gasteiger partial charge in [0.1, 0.15) is 0 Å². The number of nitrogens with zero attached hydrogens (tertiary/aromatic N) is 1. The second-order valence-electron chi connectivity index (χ2n) is 2.13. The standard InChI is InChI=1S/C4H10N4O.ClH/c1-3-2-8(5)4(9)7-6-3;/h3,6H,2,5H2,1H3,(H,7,9);1H. The van der Waals surface area contributed by atoms with Crippen LogP contribution in [-0.2, 0) is 0 Å². The summed E-state index contributed by atoms with van der Waals surface area (Å²) in [4.78, 5) is 10.6. The number of urea groups is 1. The highest BCUT2D eigenvalue weighted by atomic mass is 35.5. The van der Waals surface area contributed by atoms with Crippen LogP contribution in [0.4, 0.5) is 4.79 Å². The zero-order valence-corrected chi connectivity index (χ0v) is 6.44. The van der Waals surface area contributed by atoms with E-state index in [1.54, 1.807) is 0 Å². The highest BCUT2D eigenvalue weighted by Crippen LogP contribution is 1.89. The molecule has 0 saturated carbocycles. The molecule has 0 aromatic rings. The topological polar surface area (TPSA) is 70.4 Å². The van der Waals surface area contributed by atoms with Gasteiger partial charge in [0.05, 0.1) is 6.54 Å². The molecule has 1 unspecified atom stereocenters. The van der Waals surface area contributed by atoms with Gasteiger partial charge in [-0.1, -0.05) is 0 Å². The largest absolute Gasteiger partial charge is 0.345 e. The van der Waals surface area contributed by atoms with E-state index in [0.717, 1.165) is 5.01 Å². The first-order chi connectivity index (χ1) is 4.20. The Morgan fingerprint density at radius 1 is 1.80 bits per heavy atom. The van der Waals surface area contributed by atoms with E-state index >= 15 is 0 Å². The molecule has 0 aromatic heterocycles. The van der Waals surface area contributed by atoms with Crippen molar-refractivity contribution in [3.63, 3.8) is 0 Å². The smallest absolute Gasteiger partial charge is 0.272 e. The molecule has 5 nitrogen and oxygen atoms in total. The summed E-state index contributed by atoms with van der Waals surface area (Å²) in [6.07, 6.45) is 0. The lowest BCUT2D eigenvalue weighted by Crippen LogP contribution is -2.61. The Balaban J connectivity index is 0.000000810. The quantitative estimate of drug-likeness (QED) is 0.326. The van der Waals surface area contributed by atoms with E-state index in [-0.39, 0.29) is 24.5 Å². The second kappa shape index (κ2) is 3.60. The Morgan fingerprint density at radius 2 is 2.40 bits per heavy atom. The van der Waals surface area contributed by atoms with Crippen molar-refractivity contribution in [3.8, 4) is 0 Å². The van der Waals surface area contributed by atoms with Crippen LogP contribution in [0.1, 0.15) is 6.92 Å². The number of amides is 2. The van der Waals surface area contributed by atoms with Gasteiger partial charge in [0, 0.05) is 6.04 Å². The molecule has 1 aliphatic rings. The van der Waals surface area contributed by atoms with Crippen molar-refractivity contribution in [3.05, 3.63) is 0 Å². The molecule has 1 aliphatic heterocycles. The van der Waals surface area contributed by atoms with E-state index in [0.29, 0.717) is 6.54 Å². The van der Waals surface area contributed by atoms with Crippen LogP contribution < -0.4 is 16.7 Å². The Hall–Kier alpha value is -0.520. The monoisotopic (exact) mass is 166 g/mol. The Kier molecular flexibility index (Phi) is 3.41. The van der Waals surface area contributed by atoms with Gasteiger partial charge in [-0.25, -0.2) is 16.1 Å². The van der Waals surface area contributed by atoms with Gasteiger partial charge in [-0.15, -0.1) is 12.4 Å². The zero-order valence-electron chi connectivity index (χ0n) is 5.63. The van der Waals surface area contributed by atoms with Crippen LogP contribution in [0.5, 0.6) is 0 Å². The maximum atomic E-state index is 10.6. The number of halogens is 1. The van der Waals surface area contributed by atoms with Crippen molar-refractivity contribution in [1.29, 1.82) is 0 Å². The third-order valence-corrected chi connectivity index (χ3v) is 1.16. The van der Waals surface area contributed by atoms with Crippen molar-refractivity contribution in [2.75, 3.05) is 6.54 Å². The summed E-state index contributed by atoms with van der Waals surface area (Å²) in [6.45, 7) is 2.48. The first-order valence-corrected chi connectivity index (χ1v) is 2.78. The third kappa shape index (κ3) is 2.02. The lowest BCUT2D eigenvalue weighted by Gasteiger charge is -2.28. The van der Waals surface area contributed by atoms with Crippen LogP contribution >= 0.6 is 12.4 Å². The molecule has 1 heterocycles. The SMILES string of the molecule is CC1CN(N)C(=O)NN1.Cl. The molecule has 2 amide bonds. The number of carbonyl (C=O) groups is 1. The summed E-state index contributed by atoms with van der Waals surface area (Å²) < 4.78 is 0. The molecule has 4 N–H and O–H groups in total. The molecule has 0 bridgehead atoms. The van der Waals surface area contributed by atoms with Gasteiger partial charge in [0.15, 0.2) is 0 Å². The molecule has 0 radical (unpaired) electrons. The van der Waals surface area contributed by atoms with Gasteiger partial charge >= 0.3 is 6.03 Å². The molecule has 1 saturated heterocycles. The van der Waals surface area contributed by atoms with Gasteiger partial charge in [-0.05, 0) is 6.92 Å². The number of rotatable bonds is 0. The predicted molar refractivity (Wildman–Crippen MR) is 39.3 cm³/mol. The molecule has 10 heavy (non-hydrogen) atoms. The minimum absolute atomic E-state index is 0. The van der Waals surface area contributed by atoms with Crippen LogP contribution in [0, 0.1) is 0 Å². The molecule has 1 fully saturated rings. The summed E-state index contributed by atoms with van der Waals surface area (Å²) >= 11 is 0. The molecular formula is C4H11ClN4O. The van der Waals surface area contributed by atoms with Crippen LogP contribution in [0.2, 0.25) is 0 Å². The molecule has 0 aliphatic carbocycles. The number of carbonyl (C=O) groups excluding carboxylic acids is 1. The molecule has 6 heteroatoms. The number of nitrogens with one attached hydrogen (secondary N) is 2. The summed E-state index contributed by atoms with van der Waals surface area (Å²) in [6, 6.07) is -0.0687. The van der Waals surface area contributed by atoms with E-state index in [4.69, 9.17) is 5.84 Å². The first kappa shape index (κ1) is 9.48. The van der Waals surface area contributed by atoms with Crippen molar-refractivity contribution in [1.82, 2.24) is 15.9 Å². The van der Waals surface area contributed by atoms with Crippen molar-refractivity contribution < 1.29 is 4.79 Å². The normalized spacial score (nSPS) is 25.2. The predicted octanol–water partition coefficient (Wildman–Crippen LogP) is -0.800. The number of hydrogen-bond donors (Lipinski definition) is 3. The number of hydrazine groups is 2.